The quantitative estimate of drug-likeness (QED) is 0.859. The number of nitrogens with zero attached hydrogens (tertiary/aromatic N) is 1. The molecule has 18 heavy (non-hydrogen) atoms. The van der Waals surface area contributed by atoms with Crippen LogP contribution in [-0.2, 0) is 0 Å². The standard InChI is InChI=1S/C14H20N2O2/c1-10-2-4-11(5-3-10)9-16-13-8-12(14(17)18)6-7-15-13/h6-8,10-11H,2-5,9H2,1H3,(H,15,16)(H,17,18). The molecule has 1 aliphatic rings. The summed E-state index contributed by atoms with van der Waals surface area (Å²) < 4.78 is 0. The molecule has 4 nitrogen and oxygen atoms in total. The zero-order valence-corrected chi connectivity index (χ0v) is 10.7. The average Bonchev–Trinajstić information content (AvgIpc) is 2.38. The average molecular weight is 248 g/mol. The lowest BCUT2D eigenvalue weighted by molar-refractivity contribution is 0.0697. The highest BCUT2D eigenvalue weighted by Crippen LogP contribution is 2.28. The third kappa shape index (κ3) is 3.45. The van der Waals surface area contributed by atoms with Gasteiger partial charge in [0.25, 0.3) is 0 Å². The van der Waals surface area contributed by atoms with Crippen LogP contribution < -0.4 is 5.32 Å². The minimum absolute atomic E-state index is 0.282. The first-order valence-electron chi connectivity index (χ1n) is 6.58. The van der Waals surface area contributed by atoms with Gasteiger partial charge in [-0.25, -0.2) is 9.78 Å². The van der Waals surface area contributed by atoms with Crippen molar-refractivity contribution in [1.29, 1.82) is 0 Å². The van der Waals surface area contributed by atoms with Crippen LogP contribution in [0, 0.1) is 11.8 Å². The van der Waals surface area contributed by atoms with Crippen LogP contribution in [0.15, 0.2) is 18.3 Å². The number of aromatic nitrogens is 1. The van der Waals surface area contributed by atoms with Crippen LogP contribution in [0.1, 0.15) is 43.0 Å². The number of aromatic carboxylic acids is 1. The molecular weight excluding hydrogens is 228 g/mol. The van der Waals surface area contributed by atoms with E-state index < -0.39 is 5.97 Å². The Morgan fingerprint density at radius 1 is 1.44 bits per heavy atom. The first-order chi connectivity index (χ1) is 8.65. The van der Waals surface area contributed by atoms with Crippen molar-refractivity contribution in [2.45, 2.75) is 32.6 Å². The van der Waals surface area contributed by atoms with Gasteiger partial charge in [-0.3, -0.25) is 0 Å². The van der Waals surface area contributed by atoms with Crippen LogP contribution in [0.4, 0.5) is 5.82 Å². The molecule has 0 spiro atoms. The minimum Gasteiger partial charge on any atom is -0.478 e. The molecule has 1 aromatic heterocycles. The van der Waals surface area contributed by atoms with Crippen LogP contribution in [0.3, 0.4) is 0 Å². The predicted molar refractivity (Wildman–Crippen MR) is 70.8 cm³/mol. The summed E-state index contributed by atoms with van der Waals surface area (Å²) in [7, 11) is 0. The van der Waals surface area contributed by atoms with E-state index in [2.05, 4.69) is 17.2 Å². The molecule has 0 amide bonds. The lowest BCUT2D eigenvalue weighted by atomic mass is 9.83. The maximum atomic E-state index is 10.8. The minimum atomic E-state index is -0.910. The van der Waals surface area contributed by atoms with E-state index in [1.165, 1.54) is 37.9 Å². The number of carboxylic acid groups (broad SMARTS) is 1. The van der Waals surface area contributed by atoms with E-state index in [0.717, 1.165) is 12.5 Å². The summed E-state index contributed by atoms with van der Waals surface area (Å²) in [6.07, 6.45) is 6.65. The molecule has 0 saturated heterocycles. The van der Waals surface area contributed by atoms with Crippen LogP contribution >= 0.6 is 0 Å². The highest BCUT2D eigenvalue weighted by atomic mass is 16.4. The van der Waals surface area contributed by atoms with E-state index in [1.54, 1.807) is 6.07 Å². The lowest BCUT2D eigenvalue weighted by Crippen LogP contribution is -2.20. The van der Waals surface area contributed by atoms with Gasteiger partial charge in [-0.15, -0.1) is 0 Å². The van der Waals surface area contributed by atoms with Crippen LogP contribution in [0.25, 0.3) is 0 Å². The summed E-state index contributed by atoms with van der Waals surface area (Å²) in [6, 6.07) is 3.10. The molecular formula is C14H20N2O2. The summed E-state index contributed by atoms with van der Waals surface area (Å²) in [5, 5.41) is 12.1. The van der Waals surface area contributed by atoms with Crippen molar-refractivity contribution in [2.24, 2.45) is 11.8 Å². The van der Waals surface area contributed by atoms with Crippen molar-refractivity contribution in [3.8, 4) is 0 Å². The molecule has 0 aliphatic heterocycles. The molecule has 98 valence electrons. The van der Waals surface area contributed by atoms with Crippen molar-refractivity contribution in [2.75, 3.05) is 11.9 Å². The highest BCUT2D eigenvalue weighted by Gasteiger charge is 2.18. The number of anilines is 1. The predicted octanol–water partition coefficient (Wildman–Crippen LogP) is 3.02. The lowest BCUT2D eigenvalue weighted by Gasteiger charge is -2.26. The number of carboxylic acids is 1. The van der Waals surface area contributed by atoms with Gasteiger partial charge >= 0.3 is 5.97 Å². The van der Waals surface area contributed by atoms with Gasteiger partial charge in [-0.05, 0) is 36.8 Å². The summed E-state index contributed by atoms with van der Waals surface area (Å²) in [5.41, 5.74) is 0.282. The second-order valence-electron chi connectivity index (χ2n) is 5.24. The maximum Gasteiger partial charge on any atom is 0.335 e. The van der Waals surface area contributed by atoms with Crippen molar-refractivity contribution in [3.05, 3.63) is 23.9 Å². The monoisotopic (exact) mass is 248 g/mol. The maximum absolute atomic E-state index is 10.8. The zero-order chi connectivity index (χ0) is 13.0. The molecule has 0 unspecified atom stereocenters. The first-order valence-corrected chi connectivity index (χ1v) is 6.58. The van der Waals surface area contributed by atoms with Gasteiger partial charge in [0.1, 0.15) is 5.82 Å². The molecule has 0 aromatic carbocycles. The molecule has 1 saturated carbocycles. The number of nitrogens with one attached hydrogen (secondary N) is 1. The fourth-order valence-electron chi connectivity index (χ4n) is 2.44. The largest absolute Gasteiger partial charge is 0.478 e. The van der Waals surface area contributed by atoms with E-state index in [-0.39, 0.29) is 5.56 Å². The smallest absolute Gasteiger partial charge is 0.335 e. The van der Waals surface area contributed by atoms with Crippen LogP contribution in [-0.4, -0.2) is 22.6 Å². The molecule has 0 radical (unpaired) electrons. The molecule has 1 fully saturated rings. The number of hydrogen-bond donors (Lipinski definition) is 2. The van der Waals surface area contributed by atoms with Crippen molar-refractivity contribution in [3.63, 3.8) is 0 Å². The van der Waals surface area contributed by atoms with E-state index in [1.807, 2.05) is 0 Å². The number of pyridine rings is 1. The van der Waals surface area contributed by atoms with Crippen LogP contribution in [0.5, 0.6) is 0 Å². The Morgan fingerprint density at radius 2 is 2.17 bits per heavy atom. The summed E-state index contributed by atoms with van der Waals surface area (Å²) in [4.78, 5) is 15.0. The summed E-state index contributed by atoms with van der Waals surface area (Å²) in [6.45, 7) is 3.20. The molecule has 2 rings (SSSR count). The van der Waals surface area contributed by atoms with Crippen molar-refractivity contribution >= 4 is 11.8 Å². The Kier molecular flexibility index (Phi) is 4.18. The highest BCUT2D eigenvalue weighted by molar-refractivity contribution is 5.88. The molecule has 2 N–H and O–H groups in total. The Labute approximate surface area is 107 Å². The van der Waals surface area contributed by atoms with Gasteiger partial charge in [-0.1, -0.05) is 19.8 Å². The summed E-state index contributed by atoms with van der Waals surface area (Å²) >= 11 is 0. The number of carbonyl (C=O) groups is 1. The third-order valence-electron chi connectivity index (χ3n) is 3.71. The second kappa shape index (κ2) is 5.85. The Hall–Kier alpha value is -1.58. The summed E-state index contributed by atoms with van der Waals surface area (Å²) in [5.74, 6) is 1.30. The van der Waals surface area contributed by atoms with Crippen molar-refractivity contribution < 1.29 is 9.90 Å². The normalized spacial score (nSPS) is 23.6. The number of rotatable bonds is 4. The van der Waals surface area contributed by atoms with Gasteiger partial charge < -0.3 is 10.4 Å². The van der Waals surface area contributed by atoms with Gasteiger partial charge in [0.2, 0.25) is 0 Å². The SMILES string of the molecule is CC1CCC(CNc2cc(C(=O)O)ccn2)CC1. The Morgan fingerprint density at radius 3 is 2.83 bits per heavy atom. The van der Waals surface area contributed by atoms with Gasteiger partial charge in [0.15, 0.2) is 0 Å². The van der Waals surface area contributed by atoms with E-state index in [9.17, 15) is 4.79 Å². The molecule has 4 heteroatoms. The molecule has 1 heterocycles. The second-order valence-corrected chi connectivity index (χ2v) is 5.24. The van der Waals surface area contributed by atoms with Crippen molar-refractivity contribution in [1.82, 2.24) is 4.98 Å². The molecule has 0 atom stereocenters. The van der Waals surface area contributed by atoms with Gasteiger partial charge in [0, 0.05) is 12.7 Å². The molecule has 1 aromatic rings. The fourth-order valence-corrected chi connectivity index (χ4v) is 2.44. The Bertz CT molecular complexity index is 412. The third-order valence-corrected chi connectivity index (χ3v) is 3.71. The molecule has 0 bridgehead atoms. The van der Waals surface area contributed by atoms with Crippen LogP contribution in [0.2, 0.25) is 0 Å². The first kappa shape index (κ1) is 12.9. The fraction of sp³-hybridized carbons (Fsp3) is 0.571. The Balaban J connectivity index is 1.86. The van der Waals surface area contributed by atoms with Gasteiger partial charge in [-0.2, -0.15) is 0 Å². The molecule has 1 aliphatic carbocycles. The van der Waals surface area contributed by atoms with E-state index in [4.69, 9.17) is 5.11 Å². The number of hydrogen-bond acceptors (Lipinski definition) is 3. The zero-order valence-electron chi connectivity index (χ0n) is 10.7. The van der Waals surface area contributed by atoms with E-state index in [0.29, 0.717) is 11.7 Å². The van der Waals surface area contributed by atoms with E-state index >= 15 is 0 Å². The topological polar surface area (TPSA) is 62.2 Å². The van der Waals surface area contributed by atoms with Gasteiger partial charge in [0.05, 0.1) is 5.56 Å².